The molecule has 0 aliphatic heterocycles. The van der Waals surface area contributed by atoms with Crippen LogP contribution < -0.4 is 4.72 Å². The van der Waals surface area contributed by atoms with Crippen molar-refractivity contribution in [3.05, 3.63) is 0 Å². The maximum absolute atomic E-state index is 11.5. The SMILES string of the molecule is CC(C)N(C)S(=O)(=O)NCCCCCl. The highest BCUT2D eigenvalue weighted by Gasteiger charge is 2.18. The van der Waals surface area contributed by atoms with E-state index in [1.807, 2.05) is 13.8 Å². The molecular formula is C8H19ClN2O2S. The maximum Gasteiger partial charge on any atom is 0.279 e. The highest BCUT2D eigenvalue weighted by molar-refractivity contribution is 7.87. The van der Waals surface area contributed by atoms with Crippen molar-refractivity contribution < 1.29 is 8.42 Å². The molecule has 0 aromatic rings. The summed E-state index contributed by atoms with van der Waals surface area (Å²) in [5, 5.41) is 0. The standard InChI is InChI=1S/C8H19ClN2O2S/c1-8(2)11(3)14(12,13)10-7-5-4-6-9/h8,10H,4-7H2,1-3H3. The van der Waals surface area contributed by atoms with Gasteiger partial charge in [0.25, 0.3) is 10.2 Å². The van der Waals surface area contributed by atoms with Gasteiger partial charge in [-0.15, -0.1) is 11.6 Å². The van der Waals surface area contributed by atoms with E-state index in [2.05, 4.69) is 4.72 Å². The van der Waals surface area contributed by atoms with E-state index in [4.69, 9.17) is 11.6 Å². The summed E-state index contributed by atoms with van der Waals surface area (Å²) in [4.78, 5) is 0. The second-order valence-corrected chi connectivity index (χ2v) is 5.60. The summed E-state index contributed by atoms with van der Waals surface area (Å²) in [5.74, 6) is 0.571. The van der Waals surface area contributed by atoms with Crippen LogP contribution in [-0.4, -0.2) is 38.2 Å². The minimum atomic E-state index is -3.30. The molecule has 0 atom stereocenters. The average molecular weight is 243 g/mol. The maximum atomic E-state index is 11.5. The van der Waals surface area contributed by atoms with E-state index < -0.39 is 10.2 Å². The third-order valence-corrected chi connectivity index (χ3v) is 3.97. The molecule has 14 heavy (non-hydrogen) atoms. The van der Waals surface area contributed by atoms with Gasteiger partial charge in [-0.2, -0.15) is 12.7 Å². The molecule has 0 heterocycles. The van der Waals surface area contributed by atoms with E-state index in [1.165, 1.54) is 4.31 Å². The predicted molar refractivity (Wildman–Crippen MR) is 59.8 cm³/mol. The zero-order valence-corrected chi connectivity index (χ0v) is 10.5. The monoisotopic (exact) mass is 242 g/mol. The Morgan fingerprint density at radius 2 is 1.93 bits per heavy atom. The lowest BCUT2D eigenvalue weighted by atomic mass is 10.3. The summed E-state index contributed by atoms with van der Waals surface area (Å²) >= 11 is 5.48. The fourth-order valence-corrected chi connectivity index (χ4v) is 2.15. The molecule has 0 fully saturated rings. The average Bonchev–Trinajstić information content (AvgIpc) is 2.11. The molecule has 1 N–H and O–H groups in total. The number of alkyl halides is 1. The van der Waals surface area contributed by atoms with Crippen LogP contribution in [0.5, 0.6) is 0 Å². The van der Waals surface area contributed by atoms with Crippen molar-refractivity contribution >= 4 is 21.8 Å². The van der Waals surface area contributed by atoms with Gasteiger partial charge in [-0.05, 0) is 26.7 Å². The molecule has 0 aliphatic rings. The Labute approximate surface area is 91.8 Å². The molecule has 0 aliphatic carbocycles. The van der Waals surface area contributed by atoms with Crippen LogP contribution in [0.2, 0.25) is 0 Å². The molecule has 0 saturated carbocycles. The number of nitrogens with one attached hydrogen (secondary N) is 1. The molecule has 4 nitrogen and oxygen atoms in total. The van der Waals surface area contributed by atoms with E-state index in [1.54, 1.807) is 7.05 Å². The number of unbranched alkanes of at least 4 members (excludes halogenated alkanes) is 1. The van der Waals surface area contributed by atoms with Crippen LogP contribution in [0.25, 0.3) is 0 Å². The van der Waals surface area contributed by atoms with Crippen LogP contribution in [0, 0.1) is 0 Å². The van der Waals surface area contributed by atoms with Gasteiger partial charge >= 0.3 is 0 Å². The lowest BCUT2D eigenvalue weighted by Gasteiger charge is -2.21. The lowest BCUT2D eigenvalue weighted by molar-refractivity contribution is 0.402. The minimum Gasteiger partial charge on any atom is -0.202 e. The molecule has 0 radical (unpaired) electrons. The second kappa shape index (κ2) is 6.61. The van der Waals surface area contributed by atoms with Gasteiger partial charge in [-0.25, -0.2) is 4.72 Å². The van der Waals surface area contributed by atoms with Gasteiger partial charge < -0.3 is 0 Å². The molecular weight excluding hydrogens is 224 g/mol. The lowest BCUT2D eigenvalue weighted by Crippen LogP contribution is -2.42. The smallest absolute Gasteiger partial charge is 0.202 e. The van der Waals surface area contributed by atoms with Crippen LogP contribution >= 0.6 is 11.6 Å². The summed E-state index contributed by atoms with van der Waals surface area (Å²) in [6.45, 7) is 4.11. The van der Waals surface area contributed by atoms with Crippen molar-refractivity contribution in [3.8, 4) is 0 Å². The number of hydrogen-bond acceptors (Lipinski definition) is 2. The first-order valence-electron chi connectivity index (χ1n) is 4.70. The van der Waals surface area contributed by atoms with Crippen LogP contribution in [0.15, 0.2) is 0 Å². The van der Waals surface area contributed by atoms with Crippen molar-refractivity contribution in [2.45, 2.75) is 32.7 Å². The van der Waals surface area contributed by atoms with Gasteiger partial charge in [0, 0.05) is 25.5 Å². The third kappa shape index (κ3) is 5.14. The van der Waals surface area contributed by atoms with Crippen molar-refractivity contribution in [2.24, 2.45) is 0 Å². The molecule has 0 aromatic heterocycles. The molecule has 0 amide bonds. The number of rotatable bonds is 7. The number of hydrogen-bond donors (Lipinski definition) is 1. The van der Waals surface area contributed by atoms with Crippen LogP contribution in [0.4, 0.5) is 0 Å². The fraction of sp³-hybridized carbons (Fsp3) is 1.00. The van der Waals surface area contributed by atoms with Gasteiger partial charge in [0.1, 0.15) is 0 Å². The molecule has 0 bridgehead atoms. The van der Waals surface area contributed by atoms with Gasteiger partial charge in [0.15, 0.2) is 0 Å². The first kappa shape index (κ1) is 14.2. The molecule has 6 heteroatoms. The Hall–Kier alpha value is 0.160. The zero-order valence-electron chi connectivity index (χ0n) is 8.96. The van der Waals surface area contributed by atoms with Crippen molar-refractivity contribution in [1.82, 2.24) is 9.03 Å². The molecule has 0 rings (SSSR count). The highest BCUT2D eigenvalue weighted by atomic mass is 35.5. The van der Waals surface area contributed by atoms with Crippen molar-refractivity contribution in [2.75, 3.05) is 19.5 Å². The summed E-state index contributed by atoms with van der Waals surface area (Å²) in [7, 11) is -1.74. The van der Waals surface area contributed by atoms with Gasteiger partial charge in [-0.1, -0.05) is 0 Å². The van der Waals surface area contributed by atoms with E-state index in [9.17, 15) is 8.42 Å². The van der Waals surface area contributed by atoms with Gasteiger partial charge in [-0.3, -0.25) is 0 Å². The van der Waals surface area contributed by atoms with Gasteiger partial charge in [0.2, 0.25) is 0 Å². The quantitative estimate of drug-likeness (QED) is 0.539. The van der Waals surface area contributed by atoms with Gasteiger partial charge in [0.05, 0.1) is 0 Å². The first-order chi connectivity index (χ1) is 6.41. The topological polar surface area (TPSA) is 49.4 Å². The first-order valence-corrected chi connectivity index (χ1v) is 6.68. The Kier molecular flexibility index (Phi) is 6.68. The largest absolute Gasteiger partial charge is 0.279 e. The number of halogens is 1. The minimum absolute atomic E-state index is 0.0273. The van der Waals surface area contributed by atoms with Crippen LogP contribution in [-0.2, 0) is 10.2 Å². The van der Waals surface area contributed by atoms with Crippen LogP contribution in [0.3, 0.4) is 0 Å². The molecule has 86 valence electrons. The summed E-state index contributed by atoms with van der Waals surface area (Å²) in [6.07, 6.45) is 1.60. The molecule has 0 unspecified atom stereocenters. The fourth-order valence-electron chi connectivity index (χ4n) is 0.800. The number of nitrogens with zero attached hydrogens (tertiary/aromatic N) is 1. The summed E-state index contributed by atoms with van der Waals surface area (Å²) in [6, 6.07) is -0.0273. The Balaban J connectivity index is 3.96. The van der Waals surface area contributed by atoms with E-state index in [0.717, 1.165) is 12.8 Å². The molecule has 0 aromatic carbocycles. The van der Waals surface area contributed by atoms with Crippen LogP contribution in [0.1, 0.15) is 26.7 Å². The summed E-state index contributed by atoms with van der Waals surface area (Å²) in [5.41, 5.74) is 0. The molecule has 0 spiro atoms. The predicted octanol–water partition coefficient (Wildman–Crippen LogP) is 1.18. The van der Waals surface area contributed by atoms with E-state index in [0.29, 0.717) is 12.4 Å². The Bertz CT molecular complexity index is 242. The summed E-state index contributed by atoms with van der Waals surface area (Å²) < 4.78 is 26.9. The van der Waals surface area contributed by atoms with Crippen molar-refractivity contribution in [1.29, 1.82) is 0 Å². The molecule has 0 saturated heterocycles. The normalized spacial score (nSPS) is 12.7. The highest BCUT2D eigenvalue weighted by Crippen LogP contribution is 2.00. The van der Waals surface area contributed by atoms with E-state index in [-0.39, 0.29) is 6.04 Å². The Morgan fingerprint density at radius 1 is 1.36 bits per heavy atom. The zero-order chi connectivity index (χ0) is 11.2. The second-order valence-electron chi connectivity index (χ2n) is 3.41. The third-order valence-electron chi connectivity index (χ3n) is 1.95. The van der Waals surface area contributed by atoms with Crippen molar-refractivity contribution in [3.63, 3.8) is 0 Å². The van der Waals surface area contributed by atoms with E-state index >= 15 is 0 Å². The Morgan fingerprint density at radius 3 is 2.36 bits per heavy atom.